The summed E-state index contributed by atoms with van der Waals surface area (Å²) in [7, 11) is 1.65. The van der Waals surface area contributed by atoms with E-state index in [2.05, 4.69) is 32.3 Å². The molecule has 0 saturated heterocycles. The molecule has 0 unspecified atom stereocenters. The number of methoxy groups -OCH3 is 1. The average Bonchev–Trinajstić information content (AvgIpc) is 3.59. The summed E-state index contributed by atoms with van der Waals surface area (Å²) < 4.78 is 12.8. The Morgan fingerprint density at radius 3 is 2.68 bits per heavy atom. The molecule has 0 amide bonds. The zero-order valence-electron chi connectivity index (χ0n) is 21.2. The second kappa shape index (κ2) is 10.8. The van der Waals surface area contributed by atoms with Gasteiger partial charge in [0, 0.05) is 12.1 Å². The van der Waals surface area contributed by atoms with Gasteiger partial charge in [-0.2, -0.15) is 0 Å². The van der Waals surface area contributed by atoms with Gasteiger partial charge < -0.3 is 14.1 Å². The fourth-order valence-electron chi connectivity index (χ4n) is 4.71. The zero-order valence-corrected chi connectivity index (χ0v) is 21.2. The van der Waals surface area contributed by atoms with Crippen LogP contribution in [0.1, 0.15) is 47.7 Å². The van der Waals surface area contributed by atoms with Crippen molar-refractivity contribution in [3.8, 4) is 5.75 Å². The van der Waals surface area contributed by atoms with Crippen LogP contribution >= 0.6 is 0 Å². The molecule has 0 aliphatic carbocycles. The van der Waals surface area contributed by atoms with Gasteiger partial charge in [0.05, 0.1) is 38.0 Å². The number of H-pyrrole nitrogens is 1. The summed E-state index contributed by atoms with van der Waals surface area (Å²) in [6, 6.07) is 19.5. The van der Waals surface area contributed by atoms with Gasteiger partial charge in [-0.3, -0.25) is 9.69 Å². The first-order valence-electron chi connectivity index (χ1n) is 12.3. The van der Waals surface area contributed by atoms with Crippen LogP contribution in [-0.4, -0.2) is 37.2 Å². The molecular formula is C28H30N6O3. The van der Waals surface area contributed by atoms with Gasteiger partial charge in [0.1, 0.15) is 11.5 Å². The Bertz CT molecular complexity index is 1520. The molecule has 0 saturated carbocycles. The van der Waals surface area contributed by atoms with Crippen molar-refractivity contribution in [1.82, 2.24) is 30.1 Å². The molecule has 0 aliphatic rings. The van der Waals surface area contributed by atoms with Gasteiger partial charge in [0.15, 0.2) is 5.82 Å². The number of tetrazole rings is 1. The van der Waals surface area contributed by atoms with Gasteiger partial charge in [-0.1, -0.05) is 37.3 Å². The van der Waals surface area contributed by atoms with E-state index >= 15 is 0 Å². The number of fused-ring (bicyclic) bond motifs is 1. The number of furan rings is 1. The predicted molar refractivity (Wildman–Crippen MR) is 140 cm³/mol. The molecule has 3 aromatic heterocycles. The summed E-state index contributed by atoms with van der Waals surface area (Å²) in [5, 5.41) is 13.7. The Morgan fingerprint density at radius 2 is 1.95 bits per heavy atom. The second-order valence-corrected chi connectivity index (χ2v) is 9.11. The lowest BCUT2D eigenvalue weighted by Crippen LogP contribution is -2.32. The van der Waals surface area contributed by atoms with Gasteiger partial charge in [-0.25, -0.2) is 4.68 Å². The molecular weight excluding hydrogens is 468 g/mol. The smallest absolute Gasteiger partial charge is 0.252 e. The summed E-state index contributed by atoms with van der Waals surface area (Å²) in [6.07, 6.45) is 2.40. The SMILES string of the molecule is CC[C@H](c1nnnn1Cc1ccc(OC)cc1)N(Cc1ccco1)Cc1cc2cccc(C)c2[nH]c1=O. The van der Waals surface area contributed by atoms with Crippen LogP contribution < -0.4 is 10.3 Å². The molecule has 0 bridgehead atoms. The summed E-state index contributed by atoms with van der Waals surface area (Å²) in [6.45, 7) is 5.53. The highest BCUT2D eigenvalue weighted by Gasteiger charge is 2.27. The number of benzene rings is 2. The Kier molecular flexibility index (Phi) is 7.14. The maximum absolute atomic E-state index is 13.1. The minimum absolute atomic E-state index is 0.0982. The quantitative estimate of drug-likeness (QED) is 0.300. The van der Waals surface area contributed by atoms with E-state index in [1.165, 1.54) is 0 Å². The normalized spacial score (nSPS) is 12.3. The number of hydrogen-bond acceptors (Lipinski definition) is 7. The number of nitrogens with zero attached hydrogens (tertiary/aromatic N) is 5. The van der Waals surface area contributed by atoms with Gasteiger partial charge in [0.2, 0.25) is 0 Å². The second-order valence-electron chi connectivity index (χ2n) is 9.11. The van der Waals surface area contributed by atoms with Crippen molar-refractivity contribution in [3.63, 3.8) is 0 Å². The van der Waals surface area contributed by atoms with E-state index < -0.39 is 0 Å². The molecule has 1 N–H and O–H groups in total. The van der Waals surface area contributed by atoms with Crippen LogP contribution in [0, 0.1) is 6.92 Å². The van der Waals surface area contributed by atoms with Crippen LogP contribution in [0.15, 0.2) is 76.1 Å². The number of para-hydroxylation sites is 1. The topological polar surface area (TPSA) is 102 Å². The Morgan fingerprint density at radius 1 is 1.11 bits per heavy atom. The molecule has 9 heteroatoms. The van der Waals surface area contributed by atoms with Crippen LogP contribution in [0.3, 0.4) is 0 Å². The number of aromatic amines is 1. The first-order chi connectivity index (χ1) is 18.1. The lowest BCUT2D eigenvalue weighted by molar-refractivity contribution is 0.149. The van der Waals surface area contributed by atoms with Crippen molar-refractivity contribution in [2.24, 2.45) is 0 Å². The van der Waals surface area contributed by atoms with Crippen molar-refractivity contribution in [2.75, 3.05) is 7.11 Å². The largest absolute Gasteiger partial charge is 0.497 e. The number of ether oxygens (including phenoxy) is 1. The van der Waals surface area contributed by atoms with Crippen molar-refractivity contribution >= 4 is 10.9 Å². The molecule has 0 aliphatic heterocycles. The van der Waals surface area contributed by atoms with Crippen molar-refractivity contribution in [2.45, 2.75) is 45.9 Å². The first kappa shape index (κ1) is 24.5. The fourth-order valence-corrected chi connectivity index (χ4v) is 4.71. The number of aromatic nitrogens is 5. The minimum atomic E-state index is -0.147. The van der Waals surface area contributed by atoms with Crippen LogP contribution in [0.2, 0.25) is 0 Å². The van der Waals surface area contributed by atoms with E-state index in [0.717, 1.165) is 45.8 Å². The summed E-state index contributed by atoms with van der Waals surface area (Å²) in [5.74, 6) is 2.34. The van der Waals surface area contributed by atoms with Crippen molar-refractivity contribution < 1.29 is 9.15 Å². The zero-order chi connectivity index (χ0) is 25.8. The third-order valence-corrected chi connectivity index (χ3v) is 6.65. The maximum Gasteiger partial charge on any atom is 0.252 e. The van der Waals surface area contributed by atoms with E-state index in [0.29, 0.717) is 25.2 Å². The molecule has 9 nitrogen and oxygen atoms in total. The number of nitrogens with one attached hydrogen (secondary N) is 1. The Balaban J connectivity index is 1.48. The van der Waals surface area contributed by atoms with E-state index in [1.807, 2.05) is 72.3 Å². The Hall–Kier alpha value is -4.24. The monoisotopic (exact) mass is 498 g/mol. The standard InChI is InChI=1S/C28H30N6O3/c1-4-25(27-30-31-32-34(27)16-20-10-12-23(36-3)13-11-20)33(18-24-9-6-14-37-24)17-22-15-21-8-5-7-19(2)26(21)29-28(22)35/h5-15,25H,4,16-18H2,1-3H3,(H,29,35)/t25-/m1/s1. The minimum Gasteiger partial charge on any atom is -0.497 e. The molecule has 5 aromatic rings. The van der Waals surface area contributed by atoms with E-state index in [1.54, 1.807) is 13.4 Å². The lowest BCUT2D eigenvalue weighted by Gasteiger charge is -2.29. The lowest BCUT2D eigenvalue weighted by atomic mass is 10.1. The van der Waals surface area contributed by atoms with Gasteiger partial charge in [0.25, 0.3) is 5.56 Å². The number of rotatable bonds is 10. The van der Waals surface area contributed by atoms with E-state index in [4.69, 9.17) is 9.15 Å². The number of pyridine rings is 1. The number of hydrogen-bond donors (Lipinski definition) is 1. The van der Waals surface area contributed by atoms with Crippen LogP contribution in [0.25, 0.3) is 10.9 Å². The number of aryl methyl sites for hydroxylation is 1. The highest BCUT2D eigenvalue weighted by atomic mass is 16.5. The van der Waals surface area contributed by atoms with Crippen molar-refractivity contribution in [1.29, 1.82) is 0 Å². The molecule has 0 radical (unpaired) electrons. The summed E-state index contributed by atoms with van der Waals surface area (Å²) >= 11 is 0. The van der Waals surface area contributed by atoms with Gasteiger partial charge in [-0.05, 0) is 70.6 Å². The molecule has 37 heavy (non-hydrogen) atoms. The molecule has 2 aromatic carbocycles. The predicted octanol–water partition coefficient (Wildman–Crippen LogP) is 4.63. The highest BCUT2D eigenvalue weighted by molar-refractivity contribution is 5.81. The molecule has 5 rings (SSSR count). The fraction of sp³-hybridized carbons (Fsp3) is 0.286. The first-order valence-corrected chi connectivity index (χ1v) is 12.3. The van der Waals surface area contributed by atoms with Crippen LogP contribution in [0.5, 0.6) is 5.75 Å². The summed E-state index contributed by atoms with van der Waals surface area (Å²) in [4.78, 5) is 18.4. The molecule has 3 heterocycles. The summed E-state index contributed by atoms with van der Waals surface area (Å²) in [5.41, 5.74) is 3.54. The third kappa shape index (κ3) is 5.31. The third-order valence-electron chi connectivity index (χ3n) is 6.65. The van der Waals surface area contributed by atoms with Gasteiger partial charge >= 0.3 is 0 Å². The average molecular weight is 499 g/mol. The van der Waals surface area contributed by atoms with Crippen LogP contribution in [0.4, 0.5) is 0 Å². The Labute approximate surface area is 214 Å². The van der Waals surface area contributed by atoms with Crippen molar-refractivity contribution in [3.05, 3.63) is 106 Å². The van der Waals surface area contributed by atoms with E-state index in [-0.39, 0.29) is 11.6 Å². The molecule has 1 atom stereocenters. The van der Waals surface area contributed by atoms with Crippen LogP contribution in [-0.2, 0) is 19.6 Å². The highest BCUT2D eigenvalue weighted by Crippen LogP contribution is 2.27. The maximum atomic E-state index is 13.1. The van der Waals surface area contributed by atoms with E-state index in [9.17, 15) is 4.79 Å². The molecule has 0 spiro atoms. The molecule has 0 fully saturated rings. The molecule has 190 valence electrons. The van der Waals surface area contributed by atoms with Gasteiger partial charge in [-0.15, -0.1) is 5.10 Å².